The van der Waals surface area contributed by atoms with Crippen molar-refractivity contribution >= 4 is 40.3 Å². The van der Waals surface area contributed by atoms with E-state index in [0.29, 0.717) is 52.8 Å². The SMILES string of the molecule is O=C(O)c1cc(C(F)(F)F)cc(C2=C(c3cc(Cl)ccc3OCc3ccc(Cl)cc3F)CCC2)n1. The summed E-state index contributed by atoms with van der Waals surface area (Å²) in [6, 6.07) is 10.3. The van der Waals surface area contributed by atoms with Crippen LogP contribution in [0.4, 0.5) is 17.6 Å². The van der Waals surface area contributed by atoms with E-state index in [0.717, 1.165) is 6.07 Å². The van der Waals surface area contributed by atoms with E-state index in [9.17, 15) is 27.5 Å². The number of pyridine rings is 1. The van der Waals surface area contributed by atoms with Gasteiger partial charge in [-0.05, 0) is 72.9 Å². The van der Waals surface area contributed by atoms with Crippen LogP contribution in [-0.2, 0) is 12.8 Å². The fourth-order valence-corrected chi connectivity index (χ4v) is 4.27. The number of aromatic nitrogens is 1. The van der Waals surface area contributed by atoms with Gasteiger partial charge in [-0.3, -0.25) is 0 Å². The molecule has 4 rings (SSSR count). The van der Waals surface area contributed by atoms with Crippen LogP contribution in [0.2, 0.25) is 10.0 Å². The van der Waals surface area contributed by atoms with Gasteiger partial charge in [0.15, 0.2) is 0 Å². The maximum absolute atomic E-state index is 14.2. The molecule has 3 aromatic rings. The second-order valence-corrected chi connectivity index (χ2v) is 8.78. The first-order chi connectivity index (χ1) is 16.5. The number of hydrogen-bond acceptors (Lipinski definition) is 3. The third kappa shape index (κ3) is 5.60. The number of aromatic carboxylic acids is 1. The molecule has 4 nitrogen and oxygen atoms in total. The molecule has 0 bridgehead atoms. The second kappa shape index (κ2) is 9.87. The lowest BCUT2D eigenvalue weighted by molar-refractivity contribution is -0.137. The Balaban J connectivity index is 1.78. The number of hydrogen-bond donors (Lipinski definition) is 1. The average molecular weight is 526 g/mol. The molecule has 0 unspecified atom stereocenters. The first-order valence-corrected chi connectivity index (χ1v) is 11.2. The molecule has 0 atom stereocenters. The predicted octanol–water partition coefficient (Wildman–Crippen LogP) is 7.92. The lowest BCUT2D eigenvalue weighted by Gasteiger charge is -2.16. The van der Waals surface area contributed by atoms with E-state index in [2.05, 4.69) is 4.98 Å². The Morgan fingerprint density at radius 2 is 1.69 bits per heavy atom. The quantitative estimate of drug-likeness (QED) is 0.332. The molecule has 0 fully saturated rings. The molecular formula is C25H17Cl2F4NO3. The fourth-order valence-electron chi connectivity index (χ4n) is 3.94. The summed E-state index contributed by atoms with van der Waals surface area (Å²) in [4.78, 5) is 15.4. The molecule has 1 aliphatic rings. The zero-order chi connectivity index (χ0) is 25.3. The third-order valence-electron chi connectivity index (χ3n) is 5.56. The van der Waals surface area contributed by atoms with E-state index in [-0.39, 0.29) is 22.9 Å². The van der Waals surface area contributed by atoms with Crippen molar-refractivity contribution in [3.8, 4) is 5.75 Å². The van der Waals surface area contributed by atoms with Gasteiger partial charge in [-0.1, -0.05) is 29.3 Å². The summed E-state index contributed by atoms with van der Waals surface area (Å²) in [5.41, 5.74) is 0.0378. The lowest BCUT2D eigenvalue weighted by Crippen LogP contribution is -2.11. The summed E-state index contributed by atoms with van der Waals surface area (Å²) < 4.78 is 60.4. The van der Waals surface area contributed by atoms with Crippen LogP contribution in [0.15, 0.2) is 48.5 Å². The van der Waals surface area contributed by atoms with E-state index in [1.54, 1.807) is 18.2 Å². The van der Waals surface area contributed by atoms with Crippen molar-refractivity contribution in [1.29, 1.82) is 0 Å². The summed E-state index contributed by atoms with van der Waals surface area (Å²) in [5.74, 6) is -1.75. The molecule has 10 heteroatoms. The highest BCUT2D eigenvalue weighted by Gasteiger charge is 2.33. The maximum atomic E-state index is 14.2. The highest BCUT2D eigenvalue weighted by molar-refractivity contribution is 6.31. The van der Waals surface area contributed by atoms with E-state index in [4.69, 9.17) is 27.9 Å². The van der Waals surface area contributed by atoms with Crippen LogP contribution in [0, 0.1) is 5.82 Å². The molecular weight excluding hydrogens is 509 g/mol. The summed E-state index contributed by atoms with van der Waals surface area (Å²) in [6.45, 7) is -0.120. The first kappa shape index (κ1) is 25.0. The number of benzene rings is 2. The van der Waals surface area contributed by atoms with Crippen LogP contribution in [0.1, 0.15) is 52.1 Å². The summed E-state index contributed by atoms with van der Waals surface area (Å²) in [7, 11) is 0. The van der Waals surface area contributed by atoms with Crippen molar-refractivity contribution in [2.75, 3.05) is 0 Å². The van der Waals surface area contributed by atoms with Crippen molar-refractivity contribution in [3.63, 3.8) is 0 Å². The Morgan fingerprint density at radius 3 is 2.37 bits per heavy atom. The zero-order valence-electron chi connectivity index (χ0n) is 17.9. The Bertz CT molecular complexity index is 1340. The van der Waals surface area contributed by atoms with Crippen LogP contribution in [0.5, 0.6) is 5.75 Å². The molecule has 1 N–H and O–H groups in total. The van der Waals surface area contributed by atoms with Gasteiger partial charge in [0, 0.05) is 21.2 Å². The van der Waals surface area contributed by atoms with Gasteiger partial charge in [0.05, 0.1) is 11.3 Å². The lowest BCUT2D eigenvalue weighted by atomic mass is 9.98. The molecule has 35 heavy (non-hydrogen) atoms. The van der Waals surface area contributed by atoms with Gasteiger partial charge < -0.3 is 9.84 Å². The van der Waals surface area contributed by atoms with Gasteiger partial charge in [-0.15, -0.1) is 0 Å². The van der Waals surface area contributed by atoms with Crippen molar-refractivity contribution in [2.24, 2.45) is 0 Å². The van der Waals surface area contributed by atoms with Crippen molar-refractivity contribution in [1.82, 2.24) is 4.98 Å². The number of allylic oxidation sites excluding steroid dienone is 2. The molecule has 2 aromatic carbocycles. The predicted molar refractivity (Wildman–Crippen MR) is 124 cm³/mol. The average Bonchev–Trinajstić information content (AvgIpc) is 3.28. The number of carbonyl (C=O) groups is 1. The van der Waals surface area contributed by atoms with E-state index >= 15 is 0 Å². The van der Waals surface area contributed by atoms with E-state index < -0.39 is 29.2 Å². The third-order valence-corrected chi connectivity index (χ3v) is 6.03. The van der Waals surface area contributed by atoms with Crippen LogP contribution < -0.4 is 4.74 Å². The van der Waals surface area contributed by atoms with E-state index in [1.807, 2.05) is 0 Å². The normalized spacial score (nSPS) is 13.9. The van der Waals surface area contributed by atoms with Gasteiger partial charge in [0.1, 0.15) is 23.9 Å². The molecule has 0 aliphatic heterocycles. The minimum absolute atomic E-state index is 0.0700. The number of carboxylic acids is 1. The standard InChI is InChI=1S/C25H17Cl2F4NO3/c26-15-6-7-23(35-12-13-4-5-16(27)11-20(13)28)19(10-15)17-2-1-3-18(17)21-8-14(25(29,30)31)9-22(32-21)24(33)34/h4-11H,1-3,12H2,(H,33,34). The zero-order valence-corrected chi connectivity index (χ0v) is 19.4. The molecule has 0 spiro atoms. The summed E-state index contributed by atoms with van der Waals surface area (Å²) in [6.07, 6.45) is -3.25. The largest absolute Gasteiger partial charge is 0.488 e. The molecule has 0 radical (unpaired) electrons. The van der Waals surface area contributed by atoms with Crippen LogP contribution in [-0.4, -0.2) is 16.1 Å². The first-order valence-electron chi connectivity index (χ1n) is 10.4. The molecule has 0 saturated carbocycles. The molecule has 0 amide bonds. The second-order valence-electron chi connectivity index (χ2n) is 7.90. The summed E-state index contributed by atoms with van der Waals surface area (Å²) in [5, 5.41) is 9.91. The highest BCUT2D eigenvalue weighted by Crippen LogP contribution is 2.44. The van der Waals surface area contributed by atoms with Crippen LogP contribution in [0.3, 0.4) is 0 Å². The maximum Gasteiger partial charge on any atom is 0.416 e. The monoisotopic (exact) mass is 525 g/mol. The van der Waals surface area contributed by atoms with E-state index in [1.165, 1.54) is 18.2 Å². The number of alkyl halides is 3. The number of carboxylic acid groups (broad SMARTS) is 1. The molecule has 182 valence electrons. The molecule has 1 aliphatic carbocycles. The van der Waals surface area contributed by atoms with Crippen molar-refractivity contribution in [2.45, 2.75) is 32.0 Å². The number of rotatable bonds is 6. The Kier molecular flexibility index (Phi) is 7.05. The Hall–Kier alpha value is -3.10. The van der Waals surface area contributed by atoms with Gasteiger partial charge in [-0.2, -0.15) is 13.2 Å². The van der Waals surface area contributed by atoms with Gasteiger partial charge >= 0.3 is 12.1 Å². The van der Waals surface area contributed by atoms with Gasteiger partial charge in [0.2, 0.25) is 0 Å². The molecule has 1 aromatic heterocycles. The van der Waals surface area contributed by atoms with Crippen molar-refractivity contribution < 1.29 is 32.2 Å². The minimum atomic E-state index is -4.74. The van der Waals surface area contributed by atoms with Gasteiger partial charge in [-0.25, -0.2) is 14.2 Å². The molecule has 1 heterocycles. The smallest absolute Gasteiger partial charge is 0.416 e. The summed E-state index contributed by atoms with van der Waals surface area (Å²) >= 11 is 12.0. The topological polar surface area (TPSA) is 59.4 Å². The van der Waals surface area contributed by atoms with Gasteiger partial charge in [0.25, 0.3) is 0 Å². The Labute approximate surface area is 207 Å². The number of halogens is 6. The highest BCUT2D eigenvalue weighted by atomic mass is 35.5. The van der Waals surface area contributed by atoms with Crippen LogP contribution in [0.25, 0.3) is 11.1 Å². The number of nitrogens with zero attached hydrogens (tertiary/aromatic N) is 1. The fraction of sp³-hybridized carbons (Fsp3) is 0.200. The number of ether oxygens (including phenoxy) is 1. The Morgan fingerprint density at radius 1 is 1.00 bits per heavy atom. The van der Waals surface area contributed by atoms with Crippen molar-refractivity contribution in [3.05, 3.63) is 92.5 Å². The minimum Gasteiger partial charge on any atom is -0.488 e. The molecule has 0 saturated heterocycles. The van der Waals surface area contributed by atoms with Crippen LogP contribution >= 0.6 is 23.2 Å².